The molecule has 0 amide bonds. The van der Waals surface area contributed by atoms with Gasteiger partial charge in [0.05, 0.1) is 13.2 Å². The average Bonchev–Trinajstić information content (AvgIpc) is 2.13. The molecule has 0 spiro atoms. The molecule has 0 rings (SSSR count). The smallest absolute Gasteiger partial charge is 0.174 e. The predicted octanol–water partition coefficient (Wildman–Crippen LogP) is 3.36. The number of nitrogens with two attached hydrogens (primary N) is 1. The third-order valence-electron chi connectivity index (χ3n) is 2.02. The fourth-order valence-corrected chi connectivity index (χ4v) is 5.43. The first kappa shape index (κ1) is 16.5. The number of hydrogen-bond donors (Lipinski definition) is 1. The molecule has 0 aromatic rings. The zero-order chi connectivity index (χ0) is 12.8. The van der Waals surface area contributed by atoms with Crippen molar-refractivity contribution in [1.29, 1.82) is 0 Å². The first-order valence-electron chi connectivity index (χ1n) is 5.77. The highest BCUT2D eigenvalue weighted by atomic mass is 32.7. The molecule has 0 radical (unpaired) electrons. The van der Waals surface area contributed by atoms with Crippen molar-refractivity contribution in [3.05, 3.63) is 0 Å². The second-order valence-electron chi connectivity index (χ2n) is 4.39. The molecule has 2 atom stereocenters. The molecule has 0 saturated heterocycles. The van der Waals surface area contributed by atoms with Gasteiger partial charge in [-0.15, -0.1) is 0 Å². The lowest BCUT2D eigenvalue weighted by molar-refractivity contribution is 0.235. The molecule has 2 N–H and O–H groups in total. The second-order valence-corrected chi connectivity index (χ2v) is 9.58. The molecule has 2 unspecified atom stereocenters. The topological polar surface area (TPSA) is 44.5 Å². The van der Waals surface area contributed by atoms with Gasteiger partial charge in [-0.25, -0.2) is 0 Å². The molecule has 0 bridgehead atoms. The van der Waals surface area contributed by atoms with Gasteiger partial charge in [0.1, 0.15) is 0 Å². The van der Waals surface area contributed by atoms with E-state index in [1.807, 2.05) is 6.92 Å². The summed E-state index contributed by atoms with van der Waals surface area (Å²) in [6.07, 6.45) is 4.10. The van der Waals surface area contributed by atoms with E-state index in [0.717, 1.165) is 0 Å². The Kier molecular flexibility index (Phi) is 8.04. The molecule has 0 aliphatic rings. The van der Waals surface area contributed by atoms with E-state index >= 15 is 0 Å². The summed E-state index contributed by atoms with van der Waals surface area (Å²) in [6, 6.07) is 0.0503. The highest BCUT2D eigenvalue weighted by molar-refractivity contribution is 8.58. The molecule has 3 nitrogen and oxygen atoms in total. The minimum absolute atomic E-state index is 0.0503. The Hall–Kier alpha value is 0.530. The van der Waals surface area contributed by atoms with Crippen molar-refractivity contribution in [2.75, 3.05) is 13.2 Å². The summed E-state index contributed by atoms with van der Waals surface area (Å²) in [5.41, 5.74) is 5.95. The SMILES string of the molecule is C=P(OCC)(OCC(N)C(C)C)SC(C)C. The van der Waals surface area contributed by atoms with Crippen LogP contribution in [0.3, 0.4) is 0 Å². The van der Waals surface area contributed by atoms with Crippen LogP contribution < -0.4 is 5.73 Å². The van der Waals surface area contributed by atoms with Crippen LogP contribution in [0.4, 0.5) is 0 Å². The zero-order valence-electron chi connectivity index (χ0n) is 11.1. The van der Waals surface area contributed by atoms with E-state index in [-0.39, 0.29) is 6.04 Å². The van der Waals surface area contributed by atoms with E-state index < -0.39 is 6.54 Å². The van der Waals surface area contributed by atoms with E-state index in [1.165, 1.54) is 0 Å². The van der Waals surface area contributed by atoms with E-state index in [9.17, 15) is 0 Å². The summed E-state index contributed by atoms with van der Waals surface area (Å²) in [5, 5.41) is 0.452. The standard InChI is InChI=1S/C11H26NO2PS/c1-7-13-15(6,16-10(4)5)14-8-11(12)9(2)3/h9-11H,6-8,12H2,1-5H3. The summed E-state index contributed by atoms with van der Waals surface area (Å²) >= 11 is 1.68. The molecule has 0 aromatic carbocycles. The molecule has 0 fully saturated rings. The quantitative estimate of drug-likeness (QED) is 0.685. The highest BCUT2D eigenvalue weighted by Gasteiger charge is 2.20. The van der Waals surface area contributed by atoms with E-state index in [2.05, 4.69) is 34.0 Å². The molecule has 0 saturated carbocycles. The minimum Gasteiger partial charge on any atom is -0.330 e. The maximum atomic E-state index is 5.95. The fourth-order valence-electron chi connectivity index (χ4n) is 1.01. The van der Waals surface area contributed by atoms with Crippen molar-refractivity contribution in [3.8, 4) is 0 Å². The summed E-state index contributed by atoms with van der Waals surface area (Å²) in [4.78, 5) is 0. The van der Waals surface area contributed by atoms with Gasteiger partial charge >= 0.3 is 0 Å². The van der Waals surface area contributed by atoms with E-state index in [0.29, 0.717) is 24.4 Å². The normalized spacial score (nSPS) is 17.8. The lowest BCUT2D eigenvalue weighted by atomic mass is 10.1. The van der Waals surface area contributed by atoms with Gasteiger partial charge in [0, 0.05) is 11.3 Å². The van der Waals surface area contributed by atoms with Gasteiger partial charge in [-0.1, -0.05) is 39.1 Å². The Morgan fingerprint density at radius 2 is 1.81 bits per heavy atom. The second kappa shape index (κ2) is 7.78. The van der Waals surface area contributed by atoms with Crippen molar-refractivity contribution in [2.45, 2.75) is 45.9 Å². The van der Waals surface area contributed by atoms with Crippen molar-refractivity contribution in [1.82, 2.24) is 0 Å². The van der Waals surface area contributed by atoms with Crippen molar-refractivity contribution in [3.63, 3.8) is 0 Å². The van der Waals surface area contributed by atoms with Gasteiger partial charge in [-0.3, -0.25) is 0 Å². The van der Waals surface area contributed by atoms with Crippen LogP contribution in [0.5, 0.6) is 0 Å². The summed E-state index contributed by atoms with van der Waals surface area (Å²) in [7, 11) is 0. The van der Waals surface area contributed by atoms with Gasteiger partial charge in [0.25, 0.3) is 0 Å². The monoisotopic (exact) mass is 267 g/mol. The molecular weight excluding hydrogens is 241 g/mol. The molecule has 5 heteroatoms. The van der Waals surface area contributed by atoms with Crippen LogP contribution >= 0.6 is 17.9 Å². The third kappa shape index (κ3) is 6.97. The van der Waals surface area contributed by atoms with Crippen LogP contribution in [-0.2, 0) is 9.05 Å². The van der Waals surface area contributed by atoms with Crippen LogP contribution in [0.25, 0.3) is 0 Å². The van der Waals surface area contributed by atoms with Crippen LogP contribution in [0, 0.1) is 5.92 Å². The van der Waals surface area contributed by atoms with Crippen molar-refractivity contribution < 1.29 is 9.05 Å². The van der Waals surface area contributed by atoms with Gasteiger partial charge in [0.15, 0.2) is 6.54 Å². The molecule has 0 heterocycles. The number of hydrogen-bond acceptors (Lipinski definition) is 4. The third-order valence-corrected chi connectivity index (χ3v) is 6.82. The maximum Gasteiger partial charge on any atom is 0.174 e. The molecule has 0 aliphatic heterocycles. The lowest BCUT2D eigenvalue weighted by Crippen LogP contribution is -2.31. The van der Waals surface area contributed by atoms with Crippen LogP contribution in [0.1, 0.15) is 34.6 Å². The van der Waals surface area contributed by atoms with Crippen LogP contribution in [-0.4, -0.2) is 30.8 Å². The van der Waals surface area contributed by atoms with Crippen molar-refractivity contribution in [2.24, 2.45) is 11.7 Å². The Balaban J connectivity index is 4.27. The van der Waals surface area contributed by atoms with Crippen LogP contribution in [0.15, 0.2) is 0 Å². The number of rotatable bonds is 8. The lowest BCUT2D eigenvalue weighted by Gasteiger charge is -2.27. The molecule has 0 aromatic heterocycles. The summed E-state index contributed by atoms with van der Waals surface area (Å²) in [6.45, 7) is 9.51. The maximum absolute atomic E-state index is 5.95. The average molecular weight is 267 g/mol. The molecule has 0 aliphatic carbocycles. The first-order valence-corrected chi connectivity index (χ1v) is 9.06. The summed E-state index contributed by atoms with van der Waals surface area (Å²) in [5.74, 6) is 0.416. The molecule has 98 valence electrons. The Labute approximate surface area is 104 Å². The van der Waals surface area contributed by atoms with Crippen LogP contribution in [0.2, 0.25) is 0 Å². The van der Waals surface area contributed by atoms with Gasteiger partial charge in [-0.05, 0) is 19.1 Å². The van der Waals surface area contributed by atoms with Crippen molar-refractivity contribution >= 4 is 24.2 Å². The fraction of sp³-hybridized carbons (Fsp3) is 0.909. The highest BCUT2D eigenvalue weighted by Crippen LogP contribution is 2.61. The first-order chi connectivity index (χ1) is 7.30. The Morgan fingerprint density at radius 3 is 2.19 bits per heavy atom. The zero-order valence-corrected chi connectivity index (χ0v) is 12.8. The molecule has 16 heavy (non-hydrogen) atoms. The Bertz CT molecular complexity index is 234. The Morgan fingerprint density at radius 1 is 1.25 bits per heavy atom. The predicted molar refractivity (Wildman–Crippen MR) is 77.2 cm³/mol. The van der Waals surface area contributed by atoms with Gasteiger partial charge in [0.2, 0.25) is 0 Å². The minimum atomic E-state index is -2.03. The van der Waals surface area contributed by atoms with Gasteiger partial charge < -0.3 is 14.8 Å². The molecular formula is C11H26NO2PS. The largest absolute Gasteiger partial charge is 0.330 e. The van der Waals surface area contributed by atoms with E-state index in [1.54, 1.807) is 11.4 Å². The van der Waals surface area contributed by atoms with Gasteiger partial charge in [-0.2, -0.15) is 0 Å². The summed E-state index contributed by atoms with van der Waals surface area (Å²) < 4.78 is 11.5. The van der Waals surface area contributed by atoms with E-state index in [4.69, 9.17) is 14.8 Å².